The molecule has 2 aromatic rings. The molecule has 0 heterocycles. The van der Waals surface area contributed by atoms with Crippen molar-refractivity contribution in [2.24, 2.45) is 5.73 Å². The van der Waals surface area contributed by atoms with Gasteiger partial charge >= 0.3 is 5.69 Å². The van der Waals surface area contributed by atoms with Crippen LogP contribution < -0.4 is 10.5 Å². The summed E-state index contributed by atoms with van der Waals surface area (Å²) in [6, 6.07) is 8.91. The molecule has 2 rings (SSSR count). The van der Waals surface area contributed by atoms with Crippen molar-refractivity contribution in [3.05, 3.63) is 62.1 Å². The van der Waals surface area contributed by atoms with E-state index in [-0.39, 0.29) is 17.0 Å². The average molecular weight is 351 g/mol. The molecule has 6 nitrogen and oxygen atoms in total. The summed E-state index contributed by atoms with van der Waals surface area (Å²) in [5.41, 5.74) is 6.00. The van der Waals surface area contributed by atoms with E-state index < -0.39 is 10.8 Å². The highest BCUT2D eigenvalue weighted by atomic mass is 79.9. The second kappa shape index (κ2) is 5.92. The number of benzene rings is 2. The van der Waals surface area contributed by atoms with E-state index in [1.807, 2.05) is 6.92 Å². The smallest absolute Gasteiger partial charge is 0.311 e. The molecule has 0 saturated carbocycles. The maximum Gasteiger partial charge on any atom is 0.311 e. The number of amides is 1. The molecule has 0 aliphatic rings. The van der Waals surface area contributed by atoms with Gasteiger partial charge in [0, 0.05) is 22.2 Å². The SMILES string of the molecule is Cc1cc(Oc2cc(C(N)=O)ccc2[N+](=O)[O-])ccc1Br. The molecule has 2 N–H and O–H groups in total. The number of carbonyl (C=O) groups is 1. The van der Waals surface area contributed by atoms with E-state index in [9.17, 15) is 14.9 Å². The van der Waals surface area contributed by atoms with Crippen LogP contribution in [-0.2, 0) is 0 Å². The molecule has 21 heavy (non-hydrogen) atoms. The van der Waals surface area contributed by atoms with Crippen LogP contribution in [0.25, 0.3) is 0 Å². The largest absolute Gasteiger partial charge is 0.450 e. The lowest BCUT2D eigenvalue weighted by atomic mass is 10.2. The van der Waals surface area contributed by atoms with E-state index in [0.29, 0.717) is 5.75 Å². The van der Waals surface area contributed by atoms with E-state index in [1.54, 1.807) is 18.2 Å². The summed E-state index contributed by atoms with van der Waals surface area (Å²) in [7, 11) is 0. The van der Waals surface area contributed by atoms with Gasteiger partial charge in [-0.05, 0) is 36.8 Å². The molecule has 0 aromatic heterocycles. The zero-order valence-corrected chi connectivity index (χ0v) is 12.6. The molecule has 7 heteroatoms. The van der Waals surface area contributed by atoms with Gasteiger partial charge in [0.1, 0.15) is 5.75 Å². The molecule has 1 amide bonds. The van der Waals surface area contributed by atoms with Gasteiger partial charge in [0.25, 0.3) is 0 Å². The number of aryl methyl sites for hydroxylation is 1. The summed E-state index contributed by atoms with van der Waals surface area (Å²) >= 11 is 3.36. The number of nitro benzene ring substituents is 1. The third-order valence-corrected chi connectivity index (χ3v) is 3.69. The van der Waals surface area contributed by atoms with Gasteiger partial charge in [-0.2, -0.15) is 0 Å². The summed E-state index contributed by atoms with van der Waals surface area (Å²) in [6.07, 6.45) is 0. The first-order chi connectivity index (χ1) is 9.88. The Labute approximate surface area is 128 Å². The van der Waals surface area contributed by atoms with Crippen LogP contribution in [0.4, 0.5) is 5.69 Å². The highest BCUT2D eigenvalue weighted by Crippen LogP contribution is 2.33. The number of nitrogens with two attached hydrogens (primary N) is 1. The van der Waals surface area contributed by atoms with E-state index in [4.69, 9.17) is 10.5 Å². The highest BCUT2D eigenvalue weighted by molar-refractivity contribution is 9.10. The van der Waals surface area contributed by atoms with Crippen LogP contribution in [0.5, 0.6) is 11.5 Å². The van der Waals surface area contributed by atoms with Crippen LogP contribution in [0.15, 0.2) is 40.9 Å². The van der Waals surface area contributed by atoms with Crippen LogP contribution >= 0.6 is 15.9 Å². The number of halogens is 1. The Morgan fingerprint density at radius 3 is 2.57 bits per heavy atom. The summed E-state index contributed by atoms with van der Waals surface area (Å²) < 4.78 is 6.43. The Morgan fingerprint density at radius 2 is 2.00 bits per heavy atom. The van der Waals surface area contributed by atoms with Crippen molar-refractivity contribution in [3.63, 3.8) is 0 Å². The Hall–Kier alpha value is -2.41. The third kappa shape index (κ3) is 3.38. The second-order valence-electron chi connectivity index (χ2n) is 4.32. The minimum Gasteiger partial charge on any atom is -0.450 e. The van der Waals surface area contributed by atoms with Gasteiger partial charge in [-0.1, -0.05) is 15.9 Å². The molecule has 0 aliphatic carbocycles. The second-order valence-corrected chi connectivity index (χ2v) is 5.17. The fourth-order valence-electron chi connectivity index (χ4n) is 1.71. The number of ether oxygens (including phenoxy) is 1. The topological polar surface area (TPSA) is 95.5 Å². The summed E-state index contributed by atoms with van der Waals surface area (Å²) in [6.45, 7) is 1.87. The first-order valence-corrected chi connectivity index (χ1v) is 6.70. The monoisotopic (exact) mass is 350 g/mol. The predicted octanol–water partition coefficient (Wildman–Crippen LogP) is 3.56. The first-order valence-electron chi connectivity index (χ1n) is 5.90. The van der Waals surface area contributed by atoms with Gasteiger partial charge in [0.05, 0.1) is 4.92 Å². The molecule has 0 radical (unpaired) electrons. The molecule has 108 valence electrons. The molecule has 0 spiro atoms. The number of carbonyl (C=O) groups excluding carboxylic acids is 1. The third-order valence-electron chi connectivity index (χ3n) is 2.80. The highest BCUT2D eigenvalue weighted by Gasteiger charge is 2.18. The molecule has 0 fully saturated rings. The van der Waals surface area contributed by atoms with Gasteiger partial charge in [-0.3, -0.25) is 14.9 Å². The standard InChI is InChI=1S/C14H11BrN2O4/c1-8-6-10(3-4-11(8)15)21-13-7-9(14(16)18)2-5-12(13)17(19)20/h2-7H,1H3,(H2,16,18). The van der Waals surface area contributed by atoms with Crippen molar-refractivity contribution in [2.75, 3.05) is 0 Å². The molecular weight excluding hydrogens is 340 g/mol. The van der Waals surface area contributed by atoms with Gasteiger partial charge in [0.2, 0.25) is 11.7 Å². The van der Waals surface area contributed by atoms with E-state index >= 15 is 0 Å². The zero-order valence-electron chi connectivity index (χ0n) is 11.0. The Kier molecular flexibility index (Phi) is 4.23. The quantitative estimate of drug-likeness (QED) is 0.673. The molecule has 2 aromatic carbocycles. The van der Waals surface area contributed by atoms with Crippen molar-refractivity contribution in [1.29, 1.82) is 0 Å². The minimum absolute atomic E-state index is 0.0296. The summed E-state index contributed by atoms with van der Waals surface area (Å²) in [5.74, 6) is -0.278. The Morgan fingerprint density at radius 1 is 1.29 bits per heavy atom. The van der Waals surface area contributed by atoms with Crippen LogP contribution in [-0.4, -0.2) is 10.8 Å². The van der Waals surface area contributed by atoms with E-state index in [0.717, 1.165) is 10.0 Å². The van der Waals surface area contributed by atoms with Crippen molar-refractivity contribution in [1.82, 2.24) is 0 Å². The fraction of sp³-hybridized carbons (Fsp3) is 0.0714. The number of rotatable bonds is 4. The van der Waals surface area contributed by atoms with E-state index in [1.165, 1.54) is 18.2 Å². The van der Waals surface area contributed by atoms with Gasteiger partial charge in [-0.25, -0.2) is 0 Å². The molecule has 0 saturated heterocycles. The number of hydrogen-bond donors (Lipinski definition) is 1. The number of nitrogens with zero attached hydrogens (tertiary/aromatic N) is 1. The lowest BCUT2D eigenvalue weighted by Gasteiger charge is -2.08. The van der Waals surface area contributed by atoms with Crippen molar-refractivity contribution in [3.8, 4) is 11.5 Å². The predicted molar refractivity (Wildman–Crippen MR) is 80.6 cm³/mol. The molecule has 0 unspecified atom stereocenters. The van der Waals surface area contributed by atoms with Crippen LogP contribution in [0, 0.1) is 17.0 Å². The van der Waals surface area contributed by atoms with Crippen LogP contribution in [0.1, 0.15) is 15.9 Å². The molecule has 0 atom stereocenters. The molecule has 0 bridgehead atoms. The van der Waals surface area contributed by atoms with Gasteiger partial charge in [0.15, 0.2) is 0 Å². The number of nitro groups is 1. The first kappa shape index (κ1) is 15.0. The number of primary amides is 1. The number of hydrogen-bond acceptors (Lipinski definition) is 4. The maximum absolute atomic E-state index is 11.2. The Balaban J connectivity index is 2.45. The van der Waals surface area contributed by atoms with Crippen LogP contribution in [0.3, 0.4) is 0 Å². The fourth-order valence-corrected chi connectivity index (χ4v) is 1.95. The lowest BCUT2D eigenvalue weighted by Crippen LogP contribution is -2.11. The van der Waals surface area contributed by atoms with E-state index in [2.05, 4.69) is 15.9 Å². The van der Waals surface area contributed by atoms with Crippen molar-refractivity contribution < 1.29 is 14.5 Å². The zero-order chi connectivity index (χ0) is 15.6. The molecular formula is C14H11BrN2O4. The van der Waals surface area contributed by atoms with Crippen LogP contribution in [0.2, 0.25) is 0 Å². The van der Waals surface area contributed by atoms with Crippen molar-refractivity contribution >= 4 is 27.5 Å². The lowest BCUT2D eigenvalue weighted by molar-refractivity contribution is -0.385. The normalized spacial score (nSPS) is 10.2. The molecule has 0 aliphatic heterocycles. The van der Waals surface area contributed by atoms with Gasteiger partial charge in [-0.15, -0.1) is 0 Å². The minimum atomic E-state index is -0.679. The average Bonchev–Trinajstić information content (AvgIpc) is 2.42. The van der Waals surface area contributed by atoms with Gasteiger partial charge < -0.3 is 10.5 Å². The summed E-state index contributed by atoms with van der Waals surface area (Å²) in [5, 5.41) is 11.0. The summed E-state index contributed by atoms with van der Waals surface area (Å²) in [4.78, 5) is 21.6. The maximum atomic E-state index is 11.2. The Bertz CT molecular complexity index is 731. The van der Waals surface area contributed by atoms with Crippen molar-refractivity contribution in [2.45, 2.75) is 6.92 Å².